The van der Waals surface area contributed by atoms with Crippen molar-refractivity contribution in [3.63, 3.8) is 0 Å². The minimum Gasteiger partial charge on any atom is -0.505 e. The molecule has 0 aromatic heterocycles. The highest BCUT2D eigenvalue weighted by atomic mass is 19.1. The molecule has 2 rings (SSSR count). The number of guanidine groups is 1. The van der Waals surface area contributed by atoms with Crippen molar-refractivity contribution in [3.8, 4) is 5.75 Å². The van der Waals surface area contributed by atoms with Gasteiger partial charge in [0, 0.05) is 33.3 Å². The van der Waals surface area contributed by atoms with Crippen LogP contribution < -0.4 is 5.32 Å². The zero-order chi connectivity index (χ0) is 15.9. The van der Waals surface area contributed by atoms with Crippen LogP contribution in [0.2, 0.25) is 0 Å². The molecule has 2 N–H and O–H groups in total. The third-order valence-electron chi connectivity index (χ3n) is 3.82. The highest BCUT2D eigenvalue weighted by Crippen LogP contribution is 2.17. The molecule has 1 aliphatic rings. The molecule has 0 atom stereocenters. The van der Waals surface area contributed by atoms with Gasteiger partial charge in [0.15, 0.2) is 17.5 Å². The van der Waals surface area contributed by atoms with Gasteiger partial charge in [0.2, 0.25) is 0 Å². The highest BCUT2D eigenvalue weighted by molar-refractivity contribution is 5.79. The number of piperidine rings is 1. The zero-order valence-corrected chi connectivity index (χ0v) is 13.2. The Kier molecular flexibility index (Phi) is 6.00. The molecular formula is C16H24FN3O2. The summed E-state index contributed by atoms with van der Waals surface area (Å²) in [5.74, 6) is -0.124. The molecule has 1 aliphatic heterocycles. The fourth-order valence-corrected chi connectivity index (χ4v) is 2.64. The van der Waals surface area contributed by atoms with Gasteiger partial charge in [-0.05, 0) is 37.5 Å². The Morgan fingerprint density at radius 2 is 2.18 bits per heavy atom. The zero-order valence-electron chi connectivity index (χ0n) is 13.2. The lowest BCUT2D eigenvalue weighted by molar-refractivity contribution is 0.0263. The van der Waals surface area contributed by atoms with Crippen molar-refractivity contribution in [2.75, 3.05) is 26.7 Å². The number of halogens is 1. The van der Waals surface area contributed by atoms with Crippen LogP contribution in [0.4, 0.5) is 4.39 Å². The van der Waals surface area contributed by atoms with Gasteiger partial charge in [-0.2, -0.15) is 0 Å². The van der Waals surface area contributed by atoms with Gasteiger partial charge in [-0.15, -0.1) is 0 Å². The van der Waals surface area contributed by atoms with E-state index in [-0.39, 0.29) is 5.75 Å². The maximum atomic E-state index is 13.3. The van der Waals surface area contributed by atoms with Crippen molar-refractivity contribution >= 4 is 5.96 Å². The van der Waals surface area contributed by atoms with Crippen molar-refractivity contribution in [2.45, 2.75) is 32.4 Å². The van der Waals surface area contributed by atoms with Gasteiger partial charge in [-0.1, -0.05) is 6.07 Å². The van der Waals surface area contributed by atoms with Gasteiger partial charge in [-0.25, -0.2) is 4.39 Å². The molecule has 0 amide bonds. The SMILES string of the molecule is CCOC1CCN(C(=NC)NCc2ccc(O)c(F)c2)CC1. The van der Waals surface area contributed by atoms with Crippen LogP contribution in [0, 0.1) is 5.82 Å². The van der Waals surface area contributed by atoms with Gasteiger partial charge in [-0.3, -0.25) is 4.99 Å². The van der Waals surface area contributed by atoms with E-state index in [1.165, 1.54) is 12.1 Å². The first-order chi connectivity index (χ1) is 10.6. The summed E-state index contributed by atoms with van der Waals surface area (Å²) in [6.07, 6.45) is 2.32. The van der Waals surface area contributed by atoms with E-state index in [9.17, 15) is 9.50 Å². The largest absolute Gasteiger partial charge is 0.505 e. The van der Waals surface area contributed by atoms with Crippen LogP contribution in [0.3, 0.4) is 0 Å². The topological polar surface area (TPSA) is 57.1 Å². The number of ether oxygens (including phenoxy) is 1. The number of likely N-dealkylation sites (tertiary alicyclic amines) is 1. The van der Waals surface area contributed by atoms with Gasteiger partial charge < -0.3 is 20.1 Å². The Morgan fingerprint density at radius 3 is 2.77 bits per heavy atom. The number of phenols is 1. The second kappa shape index (κ2) is 7.98. The van der Waals surface area contributed by atoms with E-state index in [2.05, 4.69) is 15.2 Å². The fourth-order valence-electron chi connectivity index (χ4n) is 2.64. The van der Waals surface area contributed by atoms with Crippen LogP contribution in [-0.2, 0) is 11.3 Å². The molecule has 6 heteroatoms. The number of hydrogen-bond donors (Lipinski definition) is 2. The number of aromatic hydroxyl groups is 1. The van der Waals surface area contributed by atoms with Crippen LogP contribution in [0.1, 0.15) is 25.3 Å². The second-order valence-electron chi connectivity index (χ2n) is 5.33. The summed E-state index contributed by atoms with van der Waals surface area (Å²) in [4.78, 5) is 6.47. The van der Waals surface area contributed by atoms with E-state index < -0.39 is 5.82 Å². The molecule has 0 radical (unpaired) electrons. The standard InChI is InChI=1S/C16H24FN3O2/c1-3-22-13-6-8-20(9-7-13)16(18-2)19-11-12-4-5-15(21)14(17)10-12/h4-5,10,13,21H,3,6-9,11H2,1-2H3,(H,18,19). The Morgan fingerprint density at radius 1 is 1.45 bits per heavy atom. The number of phenolic OH excluding ortho intramolecular Hbond substituents is 1. The van der Waals surface area contributed by atoms with Gasteiger partial charge >= 0.3 is 0 Å². The summed E-state index contributed by atoms with van der Waals surface area (Å²) in [5.41, 5.74) is 0.764. The van der Waals surface area contributed by atoms with E-state index in [1.807, 2.05) is 6.92 Å². The number of rotatable bonds is 4. The third-order valence-corrected chi connectivity index (χ3v) is 3.82. The monoisotopic (exact) mass is 309 g/mol. The van der Waals surface area contributed by atoms with Gasteiger partial charge in [0.25, 0.3) is 0 Å². The normalized spacial score (nSPS) is 16.9. The van der Waals surface area contributed by atoms with Crippen LogP contribution >= 0.6 is 0 Å². The molecule has 1 aromatic carbocycles. The van der Waals surface area contributed by atoms with Crippen LogP contribution in [0.15, 0.2) is 23.2 Å². The molecule has 0 unspecified atom stereocenters. The summed E-state index contributed by atoms with van der Waals surface area (Å²) >= 11 is 0. The number of hydrogen-bond acceptors (Lipinski definition) is 3. The van der Waals surface area contributed by atoms with Crippen LogP contribution in [0.25, 0.3) is 0 Å². The summed E-state index contributed by atoms with van der Waals surface area (Å²) in [7, 11) is 1.74. The Hall–Kier alpha value is -1.82. The van der Waals surface area contributed by atoms with E-state index in [0.29, 0.717) is 12.6 Å². The first-order valence-electron chi connectivity index (χ1n) is 7.68. The summed E-state index contributed by atoms with van der Waals surface area (Å²) in [6, 6.07) is 4.39. The lowest BCUT2D eigenvalue weighted by Crippen LogP contribution is -2.46. The van der Waals surface area contributed by atoms with Crippen molar-refractivity contribution < 1.29 is 14.2 Å². The molecular weight excluding hydrogens is 285 g/mol. The number of nitrogens with one attached hydrogen (secondary N) is 1. The lowest BCUT2D eigenvalue weighted by atomic mass is 10.1. The molecule has 0 aliphatic carbocycles. The first kappa shape index (κ1) is 16.5. The van der Waals surface area contributed by atoms with Crippen molar-refractivity contribution in [3.05, 3.63) is 29.6 Å². The molecule has 1 fully saturated rings. The average molecular weight is 309 g/mol. The maximum absolute atomic E-state index is 13.3. The highest BCUT2D eigenvalue weighted by Gasteiger charge is 2.21. The minimum absolute atomic E-state index is 0.328. The smallest absolute Gasteiger partial charge is 0.193 e. The summed E-state index contributed by atoms with van der Waals surface area (Å²) < 4.78 is 19.0. The molecule has 1 aromatic rings. The quantitative estimate of drug-likeness (QED) is 0.661. The molecule has 5 nitrogen and oxygen atoms in total. The molecule has 122 valence electrons. The number of benzene rings is 1. The molecule has 0 saturated carbocycles. The molecule has 0 bridgehead atoms. The first-order valence-corrected chi connectivity index (χ1v) is 7.68. The van der Waals surface area contributed by atoms with Gasteiger partial charge in [0.1, 0.15) is 0 Å². The van der Waals surface area contributed by atoms with E-state index in [4.69, 9.17) is 4.74 Å². The Labute approximate surface area is 130 Å². The third kappa shape index (κ3) is 4.34. The molecule has 1 heterocycles. The van der Waals surface area contributed by atoms with Crippen LogP contribution in [-0.4, -0.2) is 48.8 Å². The van der Waals surface area contributed by atoms with Crippen molar-refractivity contribution in [1.29, 1.82) is 0 Å². The summed E-state index contributed by atoms with van der Waals surface area (Å²) in [5, 5.41) is 12.4. The maximum Gasteiger partial charge on any atom is 0.193 e. The molecule has 22 heavy (non-hydrogen) atoms. The van der Waals surface area contributed by atoms with Crippen LogP contribution in [0.5, 0.6) is 5.75 Å². The van der Waals surface area contributed by atoms with E-state index >= 15 is 0 Å². The van der Waals surface area contributed by atoms with Crippen molar-refractivity contribution in [2.24, 2.45) is 4.99 Å². The number of nitrogens with zero attached hydrogens (tertiary/aromatic N) is 2. The predicted molar refractivity (Wildman–Crippen MR) is 84.5 cm³/mol. The Bertz CT molecular complexity index is 514. The van der Waals surface area contributed by atoms with Crippen molar-refractivity contribution in [1.82, 2.24) is 10.2 Å². The predicted octanol–water partition coefficient (Wildman–Crippen LogP) is 2.11. The minimum atomic E-state index is -0.605. The molecule has 1 saturated heterocycles. The second-order valence-corrected chi connectivity index (χ2v) is 5.33. The average Bonchev–Trinajstić information content (AvgIpc) is 2.53. The number of aliphatic imine (C=N–C) groups is 1. The Balaban J connectivity index is 1.86. The van der Waals surface area contributed by atoms with E-state index in [0.717, 1.165) is 44.1 Å². The van der Waals surface area contributed by atoms with Gasteiger partial charge in [0.05, 0.1) is 6.10 Å². The molecule has 0 spiro atoms. The lowest BCUT2D eigenvalue weighted by Gasteiger charge is -2.34. The summed E-state index contributed by atoms with van der Waals surface area (Å²) in [6.45, 7) is 5.03. The van der Waals surface area contributed by atoms with E-state index in [1.54, 1.807) is 13.1 Å². The fraction of sp³-hybridized carbons (Fsp3) is 0.562.